The van der Waals surface area contributed by atoms with Crippen LogP contribution < -0.4 is 0 Å². The summed E-state index contributed by atoms with van der Waals surface area (Å²) in [6.45, 7) is 36.9. The van der Waals surface area contributed by atoms with Gasteiger partial charge >= 0.3 is 0 Å². The van der Waals surface area contributed by atoms with Crippen LogP contribution in [0.1, 0.15) is 36.1 Å². The third-order valence-corrected chi connectivity index (χ3v) is 10.1. The standard InChI is InChI=1S/C62H58/c1-11-21-33-47(17-7)55(19-9)60(59(51-37-27-25-28-38-51)56(20-10)49(31-15-5)35-23-13-3)53-41-43-54(44-42-53)62-58(50(32-16-6)36-24-14-4)46-45-57(48(18-8)34-22-12-2)61(62)52-39-29-26-30-40-52/h11-46H,1-6,9-10H2,7-8H3/b33-21-,34-22-,35-23-,36-24-,47-17?,48-18+,49-31+,50-32+,59-56+,60-55+. The summed E-state index contributed by atoms with van der Waals surface area (Å²) in [5.74, 6) is 0. The third kappa shape index (κ3) is 11.5. The maximum Gasteiger partial charge on any atom is -0.00206 e. The van der Waals surface area contributed by atoms with Gasteiger partial charge in [0.15, 0.2) is 0 Å². The Morgan fingerprint density at radius 2 is 0.823 bits per heavy atom. The summed E-state index contributed by atoms with van der Waals surface area (Å²) >= 11 is 0. The first kappa shape index (κ1) is 46.9. The van der Waals surface area contributed by atoms with Gasteiger partial charge in [0, 0.05) is 0 Å². The Labute approximate surface area is 372 Å². The number of rotatable bonds is 21. The van der Waals surface area contributed by atoms with Crippen LogP contribution in [0.3, 0.4) is 0 Å². The van der Waals surface area contributed by atoms with Gasteiger partial charge in [-0.3, -0.25) is 0 Å². The van der Waals surface area contributed by atoms with Gasteiger partial charge in [-0.25, -0.2) is 0 Å². The molecule has 0 N–H and O–H groups in total. The van der Waals surface area contributed by atoms with E-state index in [9.17, 15) is 0 Å². The van der Waals surface area contributed by atoms with Crippen LogP contribution >= 0.6 is 0 Å². The van der Waals surface area contributed by atoms with Crippen LogP contribution in [-0.4, -0.2) is 0 Å². The quantitative estimate of drug-likeness (QED) is 0.0736. The van der Waals surface area contributed by atoms with E-state index < -0.39 is 0 Å². The molecular weight excluding hydrogens is 745 g/mol. The highest BCUT2D eigenvalue weighted by Gasteiger charge is 2.23. The van der Waals surface area contributed by atoms with Gasteiger partial charge in [-0.15, -0.1) is 0 Å². The summed E-state index contributed by atoms with van der Waals surface area (Å²) in [6.07, 6.45) is 39.1. The second kappa shape index (κ2) is 25.0. The molecule has 0 saturated heterocycles. The Balaban J connectivity index is 2.30. The average Bonchev–Trinajstić information content (AvgIpc) is 3.32. The predicted octanol–water partition coefficient (Wildman–Crippen LogP) is 17.6. The lowest BCUT2D eigenvalue weighted by Gasteiger charge is -2.24. The van der Waals surface area contributed by atoms with E-state index in [0.717, 1.165) is 89.1 Å². The van der Waals surface area contributed by atoms with Gasteiger partial charge in [0.1, 0.15) is 0 Å². The van der Waals surface area contributed by atoms with Crippen molar-refractivity contribution in [1.82, 2.24) is 0 Å². The second-order valence-electron chi connectivity index (χ2n) is 13.8. The molecule has 0 amide bonds. The van der Waals surface area contributed by atoms with Crippen LogP contribution in [0, 0.1) is 0 Å². The first-order valence-electron chi connectivity index (χ1n) is 20.7. The normalized spacial score (nSPS) is 13.5. The van der Waals surface area contributed by atoms with E-state index >= 15 is 0 Å². The third-order valence-electron chi connectivity index (χ3n) is 10.1. The summed E-state index contributed by atoms with van der Waals surface area (Å²) in [7, 11) is 0. The van der Waals surface area contributed by atoms with E-state index in [-0.39, 0.29) is 0 Å². The zero-order valence-electron chi connectivity index (χ0n) is 36.4. The van der Waals surface area contributed by atoms with Crippen molar-refractivity contribution in [2.24, 2.45) is 0 Å². The Morgan fingerprint density at radius 1 is 0.387 bits per heavy atom. The highest BCUT2D eigenvalue weighted by Crippen LogP contribution is 2.46. The lowest BCUT2D eigenvalue weighted by molar-refractivity contribution is 1.46. The molecule has 0 radical (unpaired) electrons. The van der Waals surface area contributed by atoms with Crippen molar-refractivity contribution in [3.05, 3.63) is 316 Å². The molecular formula is C62H58. The molecule has 0 saturated carbocycles. The van der Waals surface area contributed by atoms with Crippen molar-refractivity contribution < 1.29 is 0 Å². The van der Waals surface area contributed by atoms with Gasteiger partial charge in [0.2, 0.25) is 0 Å². The van der Waals surface area contributed by atoms with E-state index in [2.05, 4.69) is 181 Å². The maximum absolute atomic E-state index is 4.41. The minimum Gasteiger partial charge on any atom is -0.0991 e. The van der Waals surface area contributed by atoms with E-state index in [0.29, 0.717) is 0 Å². The topological polar surface area (TPSA) is 0 Å². The van der Waals surface area contributed by atoms with E-state index in [4.69, 9.17) is 0 Å². The molecule has 0 unspecified atom stereocenters. The molecule has 306 valence electrons. The summed E-state index contributed by atoms with van der Waals surface area (Å²) in [4.78, 5) is 0. The van der Waals surface area contributed by atoms with Crippen molar-refractivity contribution in [1.29, 1.82) is 0 Å². The van der Waals surface area contributed by atoms with Crippen LogP contribution in [0.2, 0.25) is 0 Å². The number of allylic oxidation sites excluding steroid dienone is 28. The first-order valence-corrected chi connectivity index (χ1v) is 20.7. The van der Waals surface area contributed by atoms with Crippen LogP contribution in [0.25, 0.3) is 44.5 Å². The summed E-state index contributed by atoms with van der Waals surface area (Å²) < 4.78 is 0. The van der Waals surface area contributed by atoms with Crippen molar-refractivity contribution in [2.45, 2.75) is 13.8 Å². The fourth-order valence-corrected chi connectivity index (χ4v) is 7.39. The average molecular weight is 803 g/mol. The Bertz CT molecular complexity index is 2600. The van der Waals surface area contributed by atoms with Crippen molar-refractivity contribution in [3.63, 3.8) is 0 Å². The van der Waals surface area contributed by atoms with Gasteiger partial charge in [-0.1, -0.05) is 271 Å². The number of benzene rings is 4. The molecule has 0 heteroatoms. The summed E-state index contributed by atoms with van der Waals surface area (Å²) in [5, 5.41) is 0. The van der Waals surface area contributed by atoms with Crippen molar-refractivity contribution in [2.75, 3.05) is 0 Å². The Hall–Kier alpha value is -7.80. The maximum atomic E-state index is 4.41. The van der Waals surface area contributed by atoms with Gasteiger partial charge in [-0.05, 0) is 103 Å². The molecule has 0 aliphatic rings. The predicted molar refractivity (Wildman–Crippen MR) is 279 cm³/mol. The molecule has 0 atom stereocenters. The lowest BCUT2D eigenvalue weighted by atomic mass is 9.80. The highest BCUT2D eigenvalue weighted by atomic mass is 14.3. The molecule has 0 fully saturated rings. The minimum atomic E-state index is 0.928. The monoisotopic (exact) mass is 802 g/mol. The van der Waals surface area contributed by atoms with E-state index in [1.54, 1.807) is 24.3 Å². The van der Waals surface area contributed by atoms with Gasteiger partial charge in [0.05, 0.1) is 0 Å². The molecule has 0 aliphatic carbocycles. The smallest absolute Gasteiger partial charge is 0.00206 e. The van der Waals surface area contributed by atoms with Crippen LogP contribution in [0.4, 0.5) is 0 Å². The van der Waals surface area contributed by atoms with Crippen molar-refractivity contribution in [3.8, 4) is 22.3 Å². The van der Waals surface area contributed by atoms with Gasteiger partial charge in [0.25, 0.3) is 0 Å². The van der Waals surface area contributed by atoms with Gasteiger partial charge in [-0.2, -0.15) is 0 Å². The van der Waals surface area contributed by atoms with E-state index in [1.807, 2.05) is 79.8 Å². The van der Waals surface area contributed by atoms with E-state index in [1.165, 1.54) is 0 Å². The molecule has 0 bridgehead atoms. The zero-order valence-corrected chi connectivity index (χ0v) is 36.4. The largest absolute Gasteiger partial charge is 0.0991 e. The molecule has 62 heavy (non-hydrogen) atoms. The van der Waals surface area contributed by atoms with Crippen LogP contribution in [-0.2, 0) is 0 Å². The van der Waals surface area contributed by atoms with Crippen LogP contribution in [0.15, 0.2) is 294 Å². The number of hydrogen-bond donors (Lipinski definition) is 0. The molecule has 4 aromatic rings. The molecule has 0 heterocycles. The summed E-state index contributed by atoms with van der Waals surface area (Å²) in [5.41, 5.74) is 16.4. The van der Waals surface area contributed by atoms with Gasteiger partial charge < -0.3 is 0 Å². The minimum absolute atomic E-state index is 0.928. The highest BCUT2D eigenvalue weighted by molar-refractivity contribution is 6.11. The molecule has 0 aromatic heterocycles. The fraction of sp³-hybridized carbons (Fsp3) is 0.0323. The second-order valence-corrected chi connectivity index (χ2v) is 13.8. The molecule has 4 rings (SSSR count). The first-order chi connectivity index (χ1) is 30.4. The van der Waals surface area contributed by atoms with Crippen molar-refractivity contribution >= 4 is 22.3 Å². The Kier molecular flexibility index (Phi) is 18.9. The Morgan fingerprint density at radius 3 is 1.31 bits per heavy atom. The molecule has 0 nitrogen and oxygen atoms in total. The molecule has 0 aliphatic heterocycles. The fourth-order valence-electron chi connectivity index (χ4n) is 7.39. The van der Waals surface area contributed by atoms with Crippen LogP contribution in [0.5, 0.6) is 0 Å². The molecule has 0 spiro atoms. The zero-order chi connectivity index (χ0) is 44.7. The summed E-state index contributed by atoms with van der Waals surface area (Å²) in [6, 6.07) is 34.3. The SMILES string of the molecule is C=C/C=C\C(=CC)/C(C=C)=C(/C(=C(C=C)/C(/C=C\C=C)=C/C=C)c1ccccc1)c1ccc(-c2c(C(/C=C\C=C)=C/C=C)ccc(C(/C=C\C=C)=C/C)c2-c2ccccc2)cc1. The number of hydrogen-bond acceptors (Lipinski definition) is 0. The molecule has 4 aromatic carbocycles. The lowest BCUT2D eigenvalue weighted by Crippen LogP contribution is -2.02.